The summed E-state index contributed by atoms with van der Waals surface area (Å²) in [4.78, 5) is 12.1. The number of anilines is 1. The van der Waals surface area contributed by atoms with E-state index < -0.39 is 0 Å². The molecule has 0 unspecified atom stereocenters. The second-order valence-corrected chi connectivity index (χ2v) is 4.06. The Hall–Kier alpha value is -2.37. The first kappa shape index (κ1) is 12.1. The van der Waals surface area contributed by atoms with Crippen LogP contribution in [0.5, 0.6) is 5.75 Å². The molecule has 0 aliphatic heterocycles. The number of nitrogens with zero attached hydrogens (tertiary/aromatic N) is 3. The van der Waals surface area contributed by atoms with Crippen molar-refractivity contribution in [3.05, 3.63) is 36.2 Å². The number of rotatable bonds is 3. The van der Waals surface area contributed by atoms with E-state index in [0.717, 1.165) is 0 Å². The van der Waals surface area contributed by atoms with Crippen LogP contribution in [0.25, 0.3) is 0 Å². The van der Waals surface area contributed by atoms with Gasteiger partial charge < -0.3 is 10.5 Å². The first-order chi connectivity index (χ1) is 8.58. The van der Waals surface area contributed by atoms with Crippen LogP contribution in [0.15, 0.2) is 30.6 Å². The summed E-state index contributed by atoms with van der Waals surface area (Å²) in [5.74, 6) is 0.421. The van der Waals surface area contributed by atoms with Gasteiger partial charge in [-0.1, -0.05) is 6.07 Å². The van der Waals surface area contributed by atoms with Gasteiger partial charge in [-0.3, -0.25) is 4.79 Å². The minimum Gasteiger partial charge on any atom is -0.491 e. The smallest absolute Gasteiger partial charge is 0.266 e. The molecular weight excluding hydrogens is 232 g/mol. The Morgan fingerprint density at radius 3 is 2.83 bits per heavy atom. The second-order valence-electron chi connectivity index (χ2n) is 4.06. The normalized spacial score (nSPS) is 10.6. The molecule has 0 spiro atoms. The molecule has 0 bridgehead atoms. The SMILES string of the molecule is CC(C)Oc1cccc(C(=O)n2cnnc2N)c1. The van der Waals surface area contributed by atoms with E-state index in [1.165, 1.54) is 10.9 Å². The van der Waals surface area contributed by atoms with E-state index in [2.05, 4.69) is 10.2 Å². The topological polar surface area (TPSA) is 83.0 Å². The lowest BCUT2D eigenvalue weighted by Crippen LogP contribution is -2.14. The monoisotopic (exact) mass is 246 g/mol. The molecule has 0 fully saturated rings. The number of hydrogen-bond donors (Lipinski definition) is 1. The highest BCUT2D eigenvalue weighted by molar-refractivity contribution is 5.97. The fraction of sp³-hybridized carbons (Fsp3) is 0.250. The Kier molecular flexibility index (Phi) is 3.27. The molecule has 1 aromatic carbocycles. The molecular formula is C12H14N4O2. The van der Waals surface area contributed by atoms with Gasteiger partial charge in [0, 0.05) is 5.56 Å². The number of ether oxygens (including phenoxy) is 1. The molecule has 0 amide bonds. The molecule has 6 nitrogen and oxygen atoms in total. The van der Waals surface area contributed by atoms with Gasteiger partial charge in [-0.05, 0) is 32.0 Å². The predicted octanol–water partition coefficient (Wildman–Crippen LogP) is 1.34. The van der Waals surface area contributed by atoms with Crippen LogP contribution in [0.2, 0.25) is 0 Å². The predicted molar refractivity (Wildman–Crippen MR) is 66.4 cm³/mol. The molecule has 0 aliphatic rings. The maximum absolute atomic E-state index is 12.1. The molecule has 2 aromatic rings. The molecule has 0 atom stereocenters. The Morgan fingerprint density at radius 1 is 1.44 bits per heavy atom. The minimum absolute atomic E-state index is 0.0512. The maximum Gasteiger partial charge on any atom is 0.266 e. The van der Waals surface area contributed by atoms with Gasteiger partial charge in [0.15, 0.2) is 0 Å². The third-order valence-corrected chi connectivity index (χ3v) is 2.25. The van der Waals surface area contributed by atoms with E-state index in [4.69, 9.17) is 10.5 Å². The zero-order valence-electron chi connectivity index (χ0n) is 10.2. The van der Waals surface area contributed by atoms with Crippen LogP contribution in [-0.2, 0) is 0 Å². The third kappa shape index (κ3) is 2.48. The van der Waals surface area contributed by atoms with Crippen molar-refractivity contribution in [3.63, 3.8) is 0 Å². The second kappa shape index (κ2) is 4.87. The lowest BCUT2D eigenvalue weighted by atomic mass is 10.2. The molecule has 1 aromatic heterocycles. The Bertz CT molecular complexity index is 563. The summed E-state index contributed by atoms with van der Waals surface area (Å²) in [6.07, 6.45) is 1.34. The van der Waals surface area contributed by atoms with Crippen LogP contribution in [0.1, 0.15) is 24.2 Å². The van der Waals surface area contributed by atoms with Gasteiger partial charge >= 0.3 is 0 Å². The number of carbonyl (C=O) groups is 1. The average Bonchev–Trinajstić information content (AvgIpc) is 2.74. The third-order valence-electron chi connectivity index (χ3n) is 2.25. The average molecular weight is 246 g/mol. The molecule has 2 rings (SSSR count). The molecule has 94 valence electrons. The van der Waals surface area contributed by atoms with Gasteiger partial charge in [-0.15, -0.1) is 10.2 Å². The van der Waals surface area contributed by atoms with Crippen LogP contribution >= 0.6 is 0 Å². The van der Waals surface area contributed by atoms with Gasteiger partial charge in [0.25, 0.3) is 5.91 Å². The molecule has 0 radical (unpaired) electrons. The number of carbonyl (C=O) groups excluding carboxylic acids is 1. The fourth-order valence-corrected chi connectivity index (χ4v) is 1.51. The first-order valence-electron chi connectivity index (χ1n) is 5.55. The Balaban J connectivity index is 2.29. The maximum atomic E-state index is 12.1. The van der Waals surface area contributed by atoms with Crippen molar-refractivity contribution in [1.82, 2.24) is 14.8 Å². The number of hydrogen-bond acceptors (Lipinski definition) is 5. The van der Waals surface area contributed by atoms with E-state index in [-0.39, 0.29) is 18.0 Å². The number of benzene rings is 1. The number of aromatic nitrogens is 3. The number of nitrogens with two attached hydrogens (primary N) is 1. The highest BCUT2D eigenvalue weighted by Gasteiger charge is 2.12. The molecule has 18 heavy (non-hydrogen) atoms. The van der Waals surface area contributed by atoms with Crippen LogP contribution in [0.3, 0.4) is 0 Å². The summed E-state index contributed by atoms with van der Waals surface area (Å²) < 4.78 is 6.72. The summed E-state index contributed by atoms with van der Waals surface area (Å²) in [5, 5.41) is 7.15. The molecule has 2 N–H and O–H groups in total. The summed E-state index contributed by atoms with van der Waals surface area (Å²) in [6.45, 7) is 3.85. The van der Waals surface area contributed by atoms with Crippen molar-refractivity contribution in [2.75, 3.05) is 5.73 Å². The summed E-state index contributed by atoms with van der Waals surface area (Å²) in [5.41, 5.74) is 6.01. The lowest BCUT2D eigenvalue weighted by Gasteiger charge is -2.10. The standard InChI is InChI=1S/C12H14N4O2/c1-8(2)18-10-5-3-4-9(6-10)11(17)16-7-14-15-12(16)13/h3-8H,1-2H3,(H2,13,15). The van der Waals surface area contributed by atoms with Crippen molar-refractivity contribution in [3.8, 4) is 5.75 Å². The van der Waals surface area contributed by atoms with Gasteiger partial charge in [-0.2, -0.15) is 0 Å². The zero-order chi connectivity index (χ0) is 13.1. The molecule has 0 aliphatic carbocycles. The Morgan fingerprint density at radius 2 is 2.22 bits per heavy atom. The van der Waals surface area contributed by atoms with E-state index in [0.29, 0.717) is 11.3 Å². The van der Waals surface area contributed by atoms with Crippen molar-refractivity contribution in [2.45, 2.75) is 20.0 Å². The van der Waals surface area contributed by atoms with Crippen molar-refractivity contribution in [1.29, 1.82) is 0 Å². The summed E-state index contributed by atoms with van der Waals surface area (Å²) in [6, 6.07) is 6.91. The van der Waals surface area contributed by atoms with E-state index >= 15 is 0 Å². The fourth-order valence-electron chi connectivity index (χ4n) is 1.51. The van der Waals surface area contributed by atoms with Gasteiger partial charge in [0.05, 0.1) is 6.10 Å². The van der Waals surface area contributed by atoms with Crippen LogP contribution in [-0.4, -0.2) is 26.8 Å². The highest BCUT2D eigenvalue weighted by atomic mass is 16.5. The molecule has 0 saturated carbocycles. The first-order valence-corrected chi connectivity index (χ1v) is 5.55. The zero-order valence-corrected chi connectivity index (χ0v) is 10.2. The lowest BCUT2D eigenvalue weighted by molar-refractivity contribution is 0.0961. The van der Waals surface area contributed by atoms with Gasteiger partial charge in [-0.25, -0.2) is 4.57 Å². The van der Waals surface area contributed by atoms with Crippen molar-refractivity contribution in [2.24, 2.45) is 0 Å². The minimum atomic E-state index is -0.285. The van der Waals surface area contributed by atoms with Crippen LogP contribution in [0, 0.1) is 0 Å². The number of nitrogen functional groups attached to an aromatic ring is 1. The van der Waals surface area contributed by atoms with E-state index in [9.17, 15) is 4.79 Å². The summed E-state index contributed by atoms with van der Waals surface area (Å²) >= 11 is 0. The quantitative estimate of drug-likeness (QED) is 0.883. The molecule has 1 heterocycles. The highest BCUT2D eigenvalue weighted by Crippen LogP contribution is 2.16. The van der Waals surface area contributed by atoms with Gasteiger partial charge in [0.2, 0.25) is 5.95 Å². The summed E-state index contributed by atoms with van der Waals surface area (Å²) in [7, 11) is 0. The largest absolute Gasteiger partial charge is 0.491 e. The Labute approximate surface area is 104 Å². The van der Waals surface area contributed by atoms with Gasteiger partial charge in [0.1, 0.15) is 12.1 Å². The van der Waals surface area contributed by atoms with E-state index in [1.54, 1.807) is 24.3 Å². The van der Waals surface area contributed by atoms with Crippen LogP contribution in [0.4, 0.5) is 5.95 Å². The molecule has 0 saturated heterocycles. The van der Waals surface area contributed by atoms with Crippen molar-refractivity contribution >= 4 is 11.9 Å². The van der Waals surface area contributed by atoms with Crippen LogP contribution < -0.4 is 10.5 Å². The van der Waals surface area contributed by atoms with E-state index in [1.807, 2.05) is 13.8 Å². The van der Waals surface area contributed by atoms with Crippen molar-refractivity contribution < 1.29 is 9.53 Å². The molecule has 6 heteroatoms.